The second-order valence-electron chi connectivity index (χ2n) is 2.98. The zero-order valence-corrected chi connectivity index (χ0v) is 12.9. The van der Waals surface area contributed by atoms with Crippen LogP contribution in [0.4, 0.5) is 0 Å². The smallest absolute Gasteiger partial charge is 0.304 e. The SMILES string of the molecule is CC(=O)OCNC(=O)CN[C-]=O.CCCCN.[Fm]. The van der Waals surface area contributed by atoms with Crippen molar-refractivity contribution in [3.05, 3.63) is 0 Å². The standard InChI is InChI=1S/C6H9N2O4.C4H11N.Fm/c1-5(10)12-4-8-6(11)2-7-3-9;1-2-3-4-5;/h2,4H2,1H3,(H,7,9)(H,8,11);2-5H2,1H3;/q-1;;. The van der Waals surface area contributed by atoms with Crippen molar-refractivity contribution in [2.24, 2.45) is 5.73 Å². The maximum Gasteiger partial charge on any atom is 0.304 e. The maximum absolute atomic E-state index is 10.6. The first-order valence-corrected chi connectivity index (χ1v) is 5.28. The van der Waals surface area contributed by atoms with Gasteiger partial charge in [0.15, 0.2) is 6.73 Å². The first-order valence-electron chi connectivity index (χ1n) is 5.28. The van der Waals surface area contributed by atoms with Gasteiger partial charge in [-0.25, -0.2) is 0 Å². The number of ether oxygens (including phenoxy) is 1. The van der Waals surface area contributed by atoms with E-state index < -0.39 is 11.9 Å². The molecule has 0 saturated carbocycles. The van der Waals surface area contributed by atoms with Gasteiger partial charge in [0, 0.05) is 6.92 Å². The predicted octanol–water partition coefficient (Wildman–Crippen LogP) is -0.975. The fourth-order valence-electron chi connectivity index (χ4n) is 0.601. The molecule has 0 spiro atoms. The topological polar surface area (TPSA) is 111 Å². The van der Waals surface area contributed by atoms with Crippen LogP contribution in [0.25, 0.3) is 0 Å². The maximum atomic E-state index is 10.6. The predicted molar refractivity (Wildman–Crippen MR) is 62.4 cm³/mol. The Morgan fingerprint density at radius 2 is 2.00 bits per heavy atom. The Kier molecular flexibility index (Phi) is 19.3. The monoisotopic (exact) mass is 503 g/mol. The number of carbonyl (C=O) groups is 2. The van der Waals surface area contributed by atoms with Crippen molar-refractivity contribution < 1.29 is 19.1 Å². The average molecular weight is 503 g/mol. The van der Waals surface area contributed by atoms with E-state index in [1.807, 2.05) is 5.32 Å². The summed E-state index contributed by atoms with van der Waals surface area (Å²) in [6.45, 7) is 3.84. The Morgan fingerprint density at radius 3 is 2.33 bits per heavy atom. The van der Waals surface area contributed by atoms with Crippen molar-refractivity contribution in [3.63, 3.8) is 0 Å². The molecule has 0 unspecified atom stereocenters. The summed E-state index contributed by atoms with van der Waals surface area (Å²) in [5, 5.41) is 4.25. The fraction of sp³-hybridized carbons (Fsp3) is 0.700. The second-order valence-corrected chi connectivity index (χ2v) is 2.98. The number of nitrogens with one attached hydrogen (secondary N) is 2. The van der Waals surface area contributed by atoms with Gasteiger partial charge in [0.25, 0.3) is 0 Å². The van der Waals surface area contributed by atoms with Gasteiger partial charge in [0.1, 0.15) is 0 Å². The van der Waals surface area contributed by atoms with E-state index in [-0.39, 0.29) is 13.3 Å². The Balaban J connectivity index is -0.000000321. The van der Waals surface area contributed by atoms with Gasteiger partial charge in [-0.3, -0.25) is 9.59 Å². The molecule has 0 saturated heterocycles. The summed E-state index contributed by atoms with van der Waals surface area (Å²) in [5.74, 6) is -0.926. The van der Waals surface area contributed by atoms with Crippen LogP contribution in [0.3, 0.4) is 0 Å². The van der Waals surface area contributed by atoms with Gasteiger partial charge < -0.3 is 25.9 Å². The number of hydrogen-bond donors (Lipinski definition) is 3. The van der Waals surface area contributed by atoms with Gasteiger partial charge in [-0.1, -0.05) is 13.3 Å². The first kappa shape index (κ1) is 20.7. The molecule has 0 aromatic carbocycles. The molecule has 18 heavy (non-hydrogen) atoms. The van der Waals surface area contributed by atoms with Gasteiger partial charge in [0.2, 0.25) is 5.91 Å². The van der Waals surface area contributed by atoms with Crippen molar-refractivity contribution in [3.8, 4) is 0 Å². The van der Waals surface area contributed by atoms with Gasteiger partial charge in [-0.2, -0.15) is 6.41 Å². The molecule has 112 valence electrons. The molecule has 0 radical (unpaired) electrons. The summed E-state index contributed by atoms with van der Waals surface area (Å²) in [5.41, 5.74) is 5.14. The van der Waals surface area contributed by atoms with Crippen LogP contribution in [0.15, 0.2) is 0 Å². The van der Waals surface area contributed by atoms with E-state index in [9.17, 15) is 14.4 Å². The van der Waals surface area contributed by atoms with Crippen LogP contribution >= 0.6 is 0 Å². The van der Waals surface area contributed by atoms with Crippen molar-refractivity contribution in [2.75, 3.05) is 19.8 Å². The Labute approximate surface area is 101 Å². The van der Waals surface area contributed by atoms with Gasteiger partial charge in [-0.05, 0) is 13.0 Å². The molecule has 0 aliphatic heterocycles. The van der Waals surface area contributed by atoms with E-state index in [4.69, 9.17) is 5.73 Å². The summed E-state index contributed by atoms with van der Waals surface area (Å²) in [4.78, 5) is 30.4. The molecule has 4 N–H and O–H groups in total. The van der Waals surface area contributed by atoms with Crippen molar-refractivity contribution in [1.82, 2.24) is 10.6 Å². The van der Waals surface area contributed by atoms with E-state index in [1.54, 1.807) is 0 Å². The number of carbonyl (C=O) groups excluding carboxylic acids is 3. The molecule has 0 aliphatic rings. The third kappa shape index (κ3) is 23.3. The van der Waals surface area contributed by atoms with Crippen LogP contribution < -0.4 is 16.4 Å². The summed E-state index contributed by atoms with van der Waals surface area (Å²) in [7, 11) is 0. The number of hydrogen-bond acceptors (Lipinski definition) is 5. The number of esters is 1. The number of rotatable bonds is 7. The summed E-state index contributed by atoms with van der Waals surface area (Å²) < 4.78 is 4.40. The van der Waals surface area contributed by atoms with Crippen LogP contribution in [-0.4, -0.2) is 38.1 Å². The first-order chi connectivity index (χ1) is 8.08. The van der Waals surface area contributed by atoms with E-state index in [2.05, 4.69) is 17.0 Å². The van der Waals surface area contributed by atoms with Gasteiger partial charge in [0.05, 0.1) is 6.54 Å². The van der Waals surface area contributed by atoms with Crippen LogP contribution in [0.5, 0.6) is 0 Å². The van der Waals surface area contributed by atoms with Gasteiger partial charge >= 0.3 is 5.97 Å². The molecule has 0 bridgehead atoms. The Morgan fingerprint density at radius 1 is 1.39 bits per heavy atom. The normalized spacial score (nSPS) is 7.94. The van der Waals surface area contributed by atoms with Crippen LogP contribution in [0.1, 0.15) is 26.7 Å². The van der Waals surface area contributed by atoms with Crippen molar-refractivity contribution in [1.29, 1.82) is 0 Å². The molecule has 0 rings (SSSR count). The van der Waals surface area contributed by atoms with Crippen molar-refractivity contribution >= 4 is 18.3 Å². The zero-order valence-electron chi connectivity index (χ0n) is 10.5. The molecule has 0 heterocycles. The summed E-state index contributed by atoms with van der Waals surface area (Å²) in [6.07, 6.45) is 3.71. The molecule has 7 nitrogen and oxygen atoms in total. The molecular weight excluding hydrogens is 483 g/mol. The molecule has 0 fully saturated rings. The largest absolute Gasteiger partial charge is 0.522 e. The Hall–Kier alpha value is -2.63. The third-order valence-corrected chi connectivity index (χ3v) is 1.42. The minimum atomic E-state index is -0.481. The van der Waals surface area contributed by atoms with Crippen LogP contribution in [0, 0.1) is 0 Å². The van der Waals surface area contributed by atoms with Gasteiger partial charge in [-0.15, -0.1) is 0 Å². The fourth-order valence-corrected chi connectivity index (χ4v) is 0.601. The van der Waals surface area contributed by atoms with E-state index >= 15 is 0 Å². The number of unbranched alkanes of at least 4 members (excludes halogenated alkanes) is 1. The molecule has 0 atom stereocenters. The number of nitrogens with two attached hydrogens (primary N) is 1. The molecule has 0 aromatic heterocycles. The van der Waals surface area contributed by atoms with E-state index in [0.717, 1.165) is 6.54 Å². The van der Waals surface area contributed by atoms with Crippen LogP contribution in [-0.2, 0) is 19.1 Å². The summed E-state index contributed by atoms with van der Waals surface area (Å²) in [6, 6.07) is 0. The second kappa shape index (κ2) is 16.8. The third-order valence-electron chi connectivity index (χ3n) is 1.42. The quantitative estimate of drug-likeness (QED) is 0.179. The molecule has 0 aliphatic carbocycles. The van der Waals surface area contributed by atoms with E-state index in [1.165, 1.54) is 26.2 Å². The minimum absolute atomic E-state index is 0. The van der Waals surface area contributed by atoms with Crippen LogP contribution in [0.2, 0.25) is 0 Å². The van der Waals surface area contributed by atoms with E-state index in [0.29, 0.717) is 0 Å². The molecule has 2 amide bonds. The minimum Gasteiger partial charge on any atom is -0.522 e. The number of amides is 2. The Bertz CT molecular complexity index is 225. The summed E-state index contributed by atoms with van der Waals surface area (Å²) >= 11 is 0. The molecular formula is C10H20FmN3O4-. The molecule has 8 heteroatoms. The molecule has 0 aromatic rings. The average Bonchev–Trinajstić information content (AvgIpc) is 2.28. The van der Waals surface area contributed by atoms with Crippen molar-refractivity contribution in [2.45, 2.75) is 26.7 Å². The zero-order chi connectivity index (χ0) is 13.5.